The highest BCUT2D eigenvalue weighted by molar-refractivity contribution is 6.58. The van der Waals surface area contributed by atoms with Crippen molar-refractivity contribution < 1.29 is 19.6 Å². The number of ether oxygens (including phenoxy) is 1. The maximum Gasteiger partial charge on any atom is 0.488 e. The number of carbonyl (C=O) groups is 1. The van der Waals surface area contributed by atoms with Gasteiger partial charge in [0.25, 0.3) is 5.91 Å². The number of nitrogens with zero attached hydrogens (tertiary/aromatic N) is 1. The first-order chi connectivity index (χ1) is 8.08. The largest absolute Gasteiger partial charge is 0.496 e. The highest BCUT2D eigenvalue weighted by Gasteiger charge is 2.31. The first kappa shape index (κ1) is 11.9. The van der Waals surface area contributed by atoms with Crippen LogP contribution in [0.2, 0.25) is 0 Å². The summed E-state index contributed by atoms with van der Waals surface area (Å²) in [6.45, 7) is 3.01. The van der Waals surface area contributed by atoms with Crippen LogP contribution in [0, 0.1) is 0 Å². The van der Waals surface area contributed by atoms with Gasteiger partial charge in [-0.15, -0.1) is 0 Å². The van der Waals surface area contributed by atoms with Gasteiger partial charge in [0, 0.05) is 13.1 Å². The number of methoxy groups -OCH3 is 1. The highest BCUT2D eigenvalue weighted by atomic mass is 16.5. The van der Waals surface area contributed by atoms with Crippen LogP contribution < -0.4 is 10.2 Å². The lowest BCUT2D eigenvalue weighted by Gasteiger charge is -2.11. The minimum Gasteiger partial charge on any atom is -0.496 e. The van der Waals surface area contributed by atoms with Crippen molar-refractivity contribution in [1.82, 2.24) is 4.90 Å². The second-order valence-electron chi connectivity index (χ2n) is 3.95. The number of carbonyl (C=O) groups excluding carboxylic acids is 1. The maximum atomic E-state index is 12.0. The van der Waals surface area contributed by atoms with Crippen LogP contribution in [0.25, 0.3) is 0 Å². The van der Waals surface area contributed by atoms with Gasteiger partial charge in [-0.2, -0.15) is 0 Å². The zero-order valence-corrected chi connectivity index (χ0v) is 9.80. The Kier molecular flexibility index (Phi) is 3.08. The second-order valence-corrected chi connectivity index (χ2v) is 3.95. The fourth-order valence-corrected chi connectivity index (χ4v) is 2.07. The zero-order valence-electron chi connectivity index (χ0n) is 9.80. The van der Waals surface area contributed by atoms with Gasteiger partial charge in [0.15, 0.2) is 0 Å². The number of amides is 1. The molecule has 2 rings (SSSR count). The van der Waals surface area contributed by atoms with Gasteiger partial charge < -0.3 is 19.7 Å². The molecule has 0 bridgehead atoms. The first-order valence-corrected chi connectivity index (χ1v) is 5.44. The molecule has 17 heavy (non-hydrogen) atoms. The average Bonchev–Trinajstić information content (AvgIpc) is 2.65. The lowest BCUT2D eigenvalue weighted by molar-refractivity contribution is 0.0784. The molecule has 1 aliphatic rings. The van der Waals surface area contributed by atoms with Crippen molar-refractivity contribution in [3.63, 3.8) is 0 Å². The minimum atomic E-state index is -1.56. The third-order valence-electron chi connectivity index (χ3n) is 2.97. The van der Waals surface area contributed by atoms with Crippen LogP contribution in [0.5, 0.6) is 5.75 Å². The summed E-state index contributed by atoms with van der Waals surface area (Å²) in [5.41, 5.74) is 1.64. The Labute approximate surface area is 99.8 Å². The third-order valence-corrected chi connectivity index (χ3v) is 2.97. The van der Waals surface area contributed by atoms with Crippen LogP contribution >= 0.6 is 0 Å². The van der Waals surface area contributed by atoms with E-state index < -0.39 is 7.12 Å². The number of hydrogen-bond donors (Lipinski definition) is 2. The van der Waals surface area contributed by atoms with Crippen molar-refractivity contribution in [2.75, 3.05) is 13.7 Å². The summed E-state index contributed by atoms with van der Waals surface area (Å²) in [5, 5.41) is 18.3. The summed E-state index contributed by atoms with van der Waals surface area (Å²) in [6.07, 6.45) is 0. The van der Waals surface area contributed by atoms with Crippen molar-refractivity contribution in [2.45, 2.75) is 13.5 Å². The number of benzene rings is 1. The van der Waals surface area contributed by atoms with Crippen LogP contribution in [0.4, 0.5) is 0 Å². The fraction of sp³-hybridized carbons (Fsp3) is 0.364. The molecule has 1 amide bonds. The van der Waals surface area contributed by atoms with Crippen LogP contribution in [-0.4, -0.2) is 41.6 Å². The van der Waals surface area contributed by atoms with E-state index in [1.807, 2.05) is 6.92 Å². The van der Waals surface area contributed by atoms with Crippen LogP contribution in [0.3, 0.4) is 0 Å². The predicted octanol–water partition coefficient (Wildman–Crippen LogP) is -0.649. The van der Waals surface area contributed by atoms with Gasteiger partial charge in [0.2, 0.25) is 0 Å². The van der Waals surface area contributed by atoms with Gasteiger partial charge in [-0.25, -0.2) is 0 Å². The van der Waals surface area contributed by atoms with Crippen LogP contribution in [-0.2, 0) is 6.54 Å². The van der Waals surface area contributed by atoms with Crippen molar-refractivity contribution in [1.29, 1.82) is 0 Å². The van der Waals surface area contributed by atoms with Gasteiger partial charge in [-0.05, 0) is 24.0 Å². The van der Waals surface area contributed by atoms with E-state index in [-0.39, 0.29) is 5.91 Å². The third kappa shape index (κ3) is 1.90. The Morgan fingerprint density at radius 1 is 1.47 bits per heavy atom. The Balaban J connectivity index is 2.53. The van der Waals surface area contributed by atoms with Gasteiger partial charge in [0.05, 0.1) is 12.7 Å². The molecule has 0 aliphatic carbocycles. The standard InChI is InChI=1S/C11H14BNO4/c1-3-13-6-7-4-8(12(15)16)5-9(17-2)10(7)11(13)14/h4-5,15-16H,3,6H2,1-2H3. The van der Waals surface area contributed by atoms with Gasteiger partial charge in [-0.1, -0.05) is 6.07 Å². The lowest BCUT2D eigenvalue weighted by atomic mass is 9.79. The Bertz CT molecular complexity index is 461. The summed E-state index contributed by atoms with van der Waals surface area (Å²) in [6, 6.07) is 3.12. The Morgan fingerprint density at radius 2 is 2.18 bits per heavy atom. The van der Waals surface area contributed by atoms with Crippen molar-refractivity contribution in [3.8, 4) is 5.75 Å². The summed E-state index contributed by atoms with van der Waals surface area (Å²) in [4.78, 5) is 13.7. The minimum absolute atomic E-state index is 0.0710. The SMILES string of the molecule is CCN1Cc2cc(B(O)O)cc(OC)c2C1=O. The van der Waals surface area contributed by atoms with E-state index in [1.54, 1.807) is 11.0 Å². The number of hydrogen-bond acceptors (Lipinski definition) is 4. The molecule has 0 saturated heterocycles. The topological polar surface area (TPSA) is 70.0 Å². The molecule has 2 N–H and O–H groups in total. The van der Waals surface area contributed by atoms with Crippen LogP contribution in [0.15, 0.2) is 12.1 Å². The van der Waals surface area contributed by atoms with E-state index in [0.717, 1.165) is 5.56 Å². The van der Waals surface area contributed by atoms with Gasteiger partial charge in [-0.3, -0.25) is 4.79 Å². The maximum absolute atomic E-state index is 12.0. The Morgan fingerprint density at radius 3 is 2.71 bits per heavy atom. The predicted molar refractivity (Wildman–Crippen MR) is 63.2 cm³/mol. The molecule has 0 saturated carbocycles. The van der Waals surface area contributed by atoms with E-state index in [4.69, 9.17) is 14.8 Å². The molecule has 90 valence electrons. The smallest absolute Gasteiger partial charge is 0.488 e. The molecule has 6 heteroatoms. The number of fused-ring (bicyclic) bond motifs is 1. The molecule has 0 spiro atoms. The molecular formula is C11H14BNO4. The fourth-order valence-electron chi connectivity index (χ4n) is 2.07. The molecule has 0 unspecified atom stereocenters. The monoisotopic (exact) mass is 235 g/mol. The van der Waals surface area contributed by atoms with E-state index >= 15 is 0 Å². The first-order valence-electron chi connectivity index (χ1n) is 5.44. The Hall–Kier alpha value is -1.53. The molecule has 1 heterocycles. The molecule has 0 radical (unpaired) electrons. The average molecular weight is 235 g/mol. The van der Waals surface area contributed by atoms with E-state index in [9.17, 15) is 4.79 Å². The van der Waals surface area contributed by atoms with Crippen molar-refractivity contribution in [3.05, 3.63) is 23.3 Å². The van der Waals surface area contributed by atoms with Crippen molar-refractivity contribution >= 4 is 18.5 Å². The van der Waals surface area contributed by atoms with Crippen molar-refractivity contribution in [2.24, 2.45) is 0 Å². The van der Waals surface area contributed by atoms with Crippen LogP contribution in [0.1, 0.15) is 22.8 Å². The lowest BCUT2D eigenvalue weighted by Crippen LogP contribution is -2.30. The summed E-state index contributed by atoms with van der Waals surface area (Å²) in [5.74, 6) is 0.324. The summed E-state index contributed by atoms with van der Waals surface area (Å²) >= 11 is 0. The summed E-state index contributed by atoms with van der Waals surface area (Å²) < 4.78 is 5.14. The zero-order chi connectivity index (χ0) is 12.6. The molecule has 5 nitrogen and oxygen atoms in total. The van der Waals surface area contributed by atoms with E-state index in [1.165, 1.54) is 13.2 Å². The second kappa shape index (κ2) is 4.39. The molecule has 1 aliphatic heterocycles. The van der Waals surface area contributed by atoms with Gasteiger partial charge >= 0.3 is 7.12 Å². The molecular weight excluding hydrogens is 221 g/mol. The van der Waals surface area contributed by atoms with E-state index in [2.05, 4.69) is 0 Å². The highest BCUT2D eigenvalue weighted by Crippen LogP contribution is 2.29. The molecule has 1 aromatic rings. The van der Waals surface area contributed by atoms with E-state index in [0.29, 0.717) is 29.9 Å². The molecule has 0 fully saturated rings. The number of rotatable bonds is 3. The molecule has 1 aromatic carbocycles. The van der Waals surface area contributed by atoms with Gasteiger partial charge in [0.1, 0.15) is 5.75 Å². The molecule has 0 atom stereocenters. The normalized spacial score (nSPS) is 13.9. The quantitative estimate of drug-likeness (QED) is 0.683. The molecule has 0 aromatic heterocycles. The summed E-state index contributed by atoms with van der Waals surface area (Å²) in [7, 11) is -0.0922.